The summed E-state index contributed by atoms with van der Waals surface area (Å²) >= 11 is 23.5. The van der Waals surface area contributed by atoms with Gasteiger partial charge in [0.2, 0.25) is 5.28 Å². The third kappa shape index (κ3) is 3.60. The van der Waals surface area contributed by atoms with Crippen molar-refractivity contribution >= 4 is 52.2 Å². The van der Waals surface area contributed by atoms with Crippen LogP contribution in [0.25, 0.3) is 0 Å². The summed E-state index contributed by atoms with van der Waals surface area (Å²) in [5.41, 5.74) is 0.858. The number of aromatic nitrogens is 3. The van der Waals surface area contributed by atoms with Gasteiger partial charge in [0.15, 0.2) is 11.0 Å². The molecule has 0 radical (unpaired) electrons. The van der Waals surface area contributed by atoms with Crippen molar-refractivity contribution in [2.75, 3.05) is 5.32 Å². The fourth-order valence-electron chi connectivity index (χ4n) is 1.52. The lowest BCUT2D eigenvalue weighted by Gasteiger charge is -2.16. The third-order valence-electron chi connectivity index (χ3n) is 2.40. The summed E-state index contributed by atoms with van der Waals surface area (Å²) < 4.78 is 0. The van der Waals surface area contributed by atoms with E-state index in [-0.39, 0.29) is 16.5 Å². The Balaban J connectivity index is 2.25. The van der Waals surface area contributed by atoms with Gasteiger partial charge in [0.25, 0.3) is 0 Å². The molecule has 1 N–H and O–H groups in total. The van der Waals surface area contributed by atoms with Gasteiger partial charge in [-0.25, -0.2) is 0 Å². The first kappa shape index (κ1) is 14.6. The van der Waals surface area contributed by atoms with Gasteiger partial charge in [-0.3, -0.25) is 0 Å². The summed E-state index contributed by atoms with van der Waals surface area (Å²) in [6.45, 7) is 1.90. The zero-order valence-electron chi connectivity index (χ0n) is 9.66. The molecule has 1 atom stereocenters. The quantitative estimate of drug-likeness (QED) is 0.885. The van der Waals surface area contributed by atoms with Gasteiger partial charge < -0.3 is 5.32 Å². The predicted molar refractivity (Wildman–Crippen MR) is 78.3 cm³/mol. The van der Waals surface area contributed by atoms with E-state index >= 15 is 0 Å². The molecule has 8 heteroatoms. The Morgan fingerprint density at radius 2 is 1.84 bits per heavy atom. The SMILES string of the molecule is CC(Nc1nc(Cl)nnc1Cl)c1ccc(Cl)cc1Cl. The van der Waals surface area contributed by atoms with Crippen LogP contribution in [-0.4, -0.2) is 15.2 Å². The van der Waals surface area contributed by atoms with E-state index in [9.17, 15) is 0 Å². The topological polar surface area (TPSA) is 50.7 Å². The maximum atomic E-state index is 6.13. The molecule has 1 unspecified atom stereocenters. The van der Waals surface area contributed by atoms with Crippen LogP contribution in [0.3, 0.4) is 0 Å². The third-order valence-corrected chi connectivity index (χ3v) is 3.38. The van der Waals surface area contributed by atoms with E-state index in [1.54, 1.807) is 12.1 Å². The Bertz CT molecular complexity index is 605. The molecule has 0 spiro atoms. The van der Waals surface area contributed by atoms with Gasteiger partial charge >= 0.3 is 0 Å². The maximum absolute atomic E-state index is 6.13. The molecule has 0 bridgehead atoms. The van der Waals surface area contributed by atoms with Crippen molar-refractivity contribution in [2.45, 2.75) is 13.0 Å². The van der Waals surface area contributed by atoms with Crippen molar-refractivity contribution in [1.29, 1.82) is 0 Å². The number of halogens is 4. The Hall–Kier alpha value is -0.810. The second-order valence-corrected chi connectivity index (χ2v) is 5.29. The molecule has 0 saturated carbocycles. The van der Waals surface area contributed by atoms with Crippen LogP contribution in [-0.2, 0) is 0 Å². The number of benzene rings is 1. The second-order valence-electron chi connectivity index (χ2n) is 3.75. The van der Waals surface area contributed by atoms with Crippen LogP contribution < -0.4 is 5.32 Å². The lowest BCUT2D eigenvalue weighted by atomic mass is 10.1. The van der Waals surface area contributed by atoms with E-state index in [0.29, 0.717) is 15.9 Å². The number of hydrogen-bond donors (Lipinski definition) is 1. The molecular formula is C11H8Cl4N4. The summed E-state index contributed by atoms with van der Waals surface area (Å²) in [4.78, 5) is 3.97. The Kier molecular flexibility index (Phi) is 4.68. The highest BCUT2D eigenvalue weighted by molar-refractivity contribution is 6.35. The van der Waals surface area contributed by atoms with E-state index in [2.05, 4.69) is 20.5 Å². The average molecular weight is 338 g/mol. The van der Waals surface area contributed by atoms with Crippen molar-refractivity contribution in [2.24, 2.45) is 0 Å². The van der Waals surface area contributed by atoms with Crippen molar-refractivity contribution in [1.82, 2.24) is 15.2 Å². The zero-order valence-corrected chi connectivity index (χ0v) is 12.7. The van der Waals surface area contributed by atoms with Crippen LogP contribution in [0.4, 0.5) is 5.82 Å². The van der Waals surface area contributed by atoms with Gasteiger partial charge in [-0.05, 0) is 36.2 Å². The first-order chi connectivity index (χ1) is 8.97. The molecule has 1 heterocycles. The maximum Gasteiger partial charge on any atom is 0.245 e. The van der Waals surface area contributed by atoms with E-state index in [0.717, 1.165) is 5.56 Å². The minimum atomic E-state index is -0.143. The fraction of sp³-hybridized carbons (Fsp3) is 0.182. The molecule has 19 heavy (non-hydrogen) atoms. The molecule has 1 aromatic heterocycles. The molecule has 0 fully saturated rings. The van der Waals surface area contributed by atoms with Crippen LogP contribution in [0, 0.1) is 0 Å². The zero-order chi connectivity index (χ0) is 14.0. The average Bonchev–Trinajstić information content (AvgIpc) is 2.33. The van der Waals surface area contributed by atoms with Crippen molar-refractivity contribution in [3.8, 4) is 0 Å². The molecule has 0 saturated heterocycles. The molecule has 2 aromatic rings. The Morgan fingerprint density at radius 1 is 1.11 bits per heavy atom. The van der Waals surface area contributed by atoms with Crippen LogP contribution >= 0.6 is 46.4 Å². The lowest BCUT2D eigenvalue weighted by molar-refractivity contribution is 0.859. The van der Waals surface area contributed by atoms with E-state index in [1.165, 1.54) is 0 Å². The first-order valence-corrected chi connectivity index (χ1v) is 6.75. The summed E-state index contributed by atoms with van der Waals surface area (Å²) in [6, 6.07) is 5.11. The monoisotopic (exact) mass is 336 g/mol. The molecule has 0 aliphatic carbocycles. The smallest absolute Gasteiger partial charge is 0.245 e. The number of nitrogens with zero attached hydrogens (tertiary/aromatic N) is 3. The van der Waals surface area contributed by atoms with Crippen molar-refractivity contribution in [3.05, 3.63) is 44.2 Å². The Morgan fingerprint density at radius 3 is 2.53 bits per heavy atom. The number of nitrogens with one attached hydrogen (secondary N) is 1. The highest BCUT2D eigenvalue weighted by Gasteiger charge is 2.13. The number of anilines is 1. The normalized spacial score (nSPS) is 12.3. The first-order valence-electron chi connectivity index (χ1n) is 5.24. The molecular weight excluding hydrogens is 330 g/mol. The van der Waals surface area contributed by atoms with Gasteiger partial charge in [-0.1, -0.05) is 40.9 Å². The lowest BCUT2D eigenvalue weighted by Crippen LogP contribution is -2.10. The van der Waals surface area contributed by atoms with Crippen molar-refractivity contribution in [3.63, 3.8) is 0 Å². The standard InChI is InChI=1S/C11H8Cl4N4/c1-5(7-3-2-6(12)4-8(7)13)16-10-9(14)18-19-11(15)17-10/h2-5H,1H3,(H,16,17,19). The fourth-order valence-corrected chi connectivity index (χ4v) is 2.35. The van der Waals surface area contributed by atoms with E-state index in [4.69, 9.17) is 46.4 Å². The summed E-state index contributed by atoms with van der Waals surface area (Å²) in [5.74, 6) is 0.347. The van der Waals surface area contributed by atoms with E-state index < -0.39 is 0 Å². The number of hydrogen-bond acceptors (Lipinski definition) is 4. The molecule has 0 amide bonds. The molecule has 0 aliphatic heterocycles. The number of rotatable bonds is 3. The van der Waals surface area contributed by atoms with Gasteiger partial charge in [-0.15, -0.1) is 10.2 Å². The molecule has 4 nitrogen and oxygen atoms in total. The van der Waals surface area contributed by atoms with Gasteiger partial charge in [-0.2, -0.15) is 4.98 Å². The molecule has 2 rings (SSSR count). The van der Waals surface area contributed by atoms with Crippen LogP contribution in [0.15, 0.2) is 18.2 Å². The van der Waals surface area contributed by atoms with Crippen molar-refractivity contribution < 1.29 is 0 Å². The Labute approximate surface area is 130 Å². The highest BCUT2D eigenvalue weighted by Crippen LogP contribution is 2.29. The second kappa shape index (κ2) is 6.09. The largest absolute Gasteiger partial charge is 0.361 e. The predicted octanol–water partition coefficient (Wildman–Crippen LogP) is 4.66. The van der Waals surface area contributed by atoms with Crippen LogP contribution in [0.5, 0.6) is 0 Å². The minimum Gasteiger partial charge on any atom is -0.361 e. The molecule has 100 valence electrons. The van der Waals surface area contributed by atoms with Gasteiger partial charge in [0.05, 0.1) is 6.04 Å². The minimum absolute atomic E-state index is 0.0151. The van der Waals surface area contributed by atoms with E-state index in [1.807, 2.05) is 13.0 Å². The molecule has 1 aromatic carbocycles. The molecule has 0 aliphatic rings. The van der Waals surface area contributed by atoms with Gasteiger partial charge in [0.1, 0.15) is 0 Å². The summed E-state index contributed by atoms with van der Waals surface area (Å²) in [6.07, 6.45) is 0. The highest BCUT2D eigenvalue weighted by atomic mass is 35.5. The summed E-state index contributed by atoms with van der Waals surface area (Å²) in [5, 5.41) is 11.6. The van der Waals surface area contributed by atoms with Crippen LogP contribution in [0.1, 0.15) is 18.5 Å². The summed E-state index contributed by atoms with van der Waals surface area (Å²) in [7, 11) is 0. The van der Waals surface area contributed by atoms with Gasteiger partial charge in [0, 0.05) is 10.0 Å². The van der Waals surface area contributed by atoms with Crippen LogP contribution in [0.2, 0.25) is 20.5 Å².